The summed E-state index contributed by atoms with van der Waals surface area (Å²) < 4.78 is 39.7. The van der Waals surface area contributed by atoms with Gasteiger partial charge in [-0.05, 0) is 6.07 Å². The number of rotatable bonds is 3. The predicted octanol–water partition coefficient (Wildman–Crippen LogP) is 1.70. The van der Waals surface area contributed by atoms with Crippen LogP contribution in [0.15, 0.2) is 18.2 Å². The maximum atomic E-state index is 12.1. The minimum absolute atomic E-state index is 0.504. The van der Waals surface area contributed by atoms with Crippen LogP contribution in [0.5, 0.6) is 5.75 Å². The fourth-order valence-corrected chi connectivity index (χ4v) is 1.23. The maximum absolute atomic E-state index is 12.1. The predicted molar refractivity (Wildman–Crippen MR) is 59.0 cm³/mol. The topological polar surface area (TPSA) is 108 Å². The summed E-state index contributed by atoms with van der Waals surface area (Å²) in [7, 11) is 0. The molecule has 0 fully saturated rings. The number of nitrogens with one attached hydrogen (secondary N) is 1. The Morgan fingerprint density at radius 1 is 1.33 bits per heavy atom. The van der Waals surface area contributed by atoms with Gasteiger partial charge in [-0.1, -0.05) is 0 Å². The fourth-order valence-electron chi connectivity index (χ4n) is 1.23. The van der Waals surface area contributed by atoms with Gasteiger partial charge in [0, 0.05) is 19.1 Å². The van der Waals surface area contributed by atoms with Crippen molar-refractivity contribution in [2.45, 2.75) is 13.3 Å². The molecule has 1 aromatic carbocycles. The van der Waals surface area contributed by atoms with Crippen LogP contribution in [0, 0.1) is 10.1 Å². The molecule has 0 atom stereocenters. The van der Waals surface area contributed by atoms with Crippen molar-refractivity contribution in [1.29, 1.82) is 0 Å². The summed E-state index contributed by atoms with van der Waals surface area (Å²) in [5.74, 6) is -3.03. The van der Waals surface area contributed by atoms with Crippen molar-refractivity contribution in [1.82, 2.24) is 5.48 Å². The molecule has 11 heteroatoms. The average Bonchev–Trinajstić information content (AvgIpc) is 2.33. The molecule has 0 aliphatic rings. The van der Waals surface area contributed by atoms with Gasteiger partial charge in [-0.2, -0.15) is 5.48 Å². The van der Waals surface area contributed by atoms with Crippen molar-refractivity contribution >= 4 is 17.6 Å². The van der Waals surface area contributed by atoms with E-state index >= 15 is 0 Å². The number of carbonyl (C=O) groups is 2. The molecule has 1 amide bonds. The van der Waals surface area contributed by atoms with Crippen LogP contribution in [0.2, 0.25) is 0 Å². The van der Waals surface area contributed by atoms with Crippen LogP contribution >= 0.6 is 0 Å². The third-order valence-corrected chi connectivity index (χ3v) is 1.93. The number of hydrogen-bond donors (Lipinski definition) is 1. The van der Waals surface area contributed by atoms with Gasteiger partial charge in [0.05, 0.1) is 4.92 Å². The highest BCUT2D eigenvalue weighted by molar-refractivity contribution is 5.98. The summed E-state index contributed by atoms with van der Waals surface area (Å²) in [6.07, 6.45) is -5.03. The molecule has 0 aliphatic carbocycles. The van der Waals surface area contributed by atoms with Crippen molar-refractivity contribution in [3.05, 3.63) is 33.9 Å². The number of nitro groups is 1. The number of carbonyl (C=O) groups excluding carboxylic acids is 2. The zero-order chi connectivity index (χ0) is 16.2. The molecule has 114 valence electrons. The normalized spacial score (nSPS) is 10.7. The lowest BCUT2D eigenvalue weighted by molar-refractivity contribution is -0.385. The van der Waals surface area contributed by atoms with Crippen LogP contribution in [0.4, 0.5) is 18.9 Å². The molecule has 0 bridgehead atoms. The van der Waals surface area contributed by atoms with Gasteiger partial charge in [0.1, 0.15) is 11.3 Å². The first-order valence-electron chi connectivity index (χ1n) is 5.12. The Morgan fingerprint density at radius 3 is 2.43 bits per heavy atom. The van der Waals surface area contributed by atoms with Crippen LogP contribution in [-0.2, 0) is 9.63 Å². The second-order valence-corrected chi connectivity index (χ2v) is 3.51. The lowest BCUT2D eigenvalue weighted by atomic mass is 10.1. The first-order chi connectivity index (χ1) is 9.60. The maximum Gasteiger partial charge on any atom is 0.573 e. The monoisotopic (exact) mass is 308 g/mol. The number of hydrogen-bond acceptors (Lipinski definition) is 6. The smallest absolute Gasteiger partial charge is 0.406 e. The van der Waals surface area contributed by atoms with Crippen molar-refractivity contribution in [2.75, 3.05) is 0 Å². The molecule has 0 radical (unpaired) electrons. The van der Waals surface area contributed by atoms with Crippen LogP contribution in [0.1, 0.15) is 17.3 Å². The van der Waals surface area contributed by atoms with E-state index in [9.17, 15) is 32.9 Å². The van der Waals surface area contributed by atoms with Gasteiger partial charge >= 0.3 is 12.3 Å². The summed E-state index contributed by atoms with van der Waals surface area (Å²) in [4.78, 5) is 35.9. The molecular weight excluding hydrogens is 301 g/mol. The number of halogens is 3. The molecule has 0 heterocycles. The Kier molecular flexibility index (Phi) is 4.68. The molecule has 0 spiro atoms. The summed E-state index contributed by atoms with van der Waals surface area (Å²) in [6.45, 7) is 0.942. The van der Waals surface area contributed by atoms with Crippen LogP contribution < -0.4 is 10.2 Å². The SMILES string of the molecule is CC(=O)ONC(=O)c1cc(OC(F)(F)F)ccc1[N+](=O)[O-]. The van der Waals surface area contributed by atoms with Gasteiger partial charge in [-0.15, -0.1) is 13.2 Å². The average molecular weight is 308 g/mol. The number of ether oxygens (including phenoxy) is 1. The molecule has 0 unspecified atom stereocenters. The van der Waals surface area contributed by atoms with E-state index in [1.54, 1.807) is 5.48 Å². The van der Waals surface area contributed by atoms with E-state index in [2.05, 4.69) is 9.57 Å². The van der Waals surface area contributed by atoms with E-state index in [0.29, 0.717) is 18.2 Å². The Morgan fingerprint density at radius 2 is 1.95 bits per heavy atom. The number of amides is 1. The van der Waals surface area contributed by atoms with Crippen molar-refractivity contribution in [3.63, 3.8) is 0 Å². The Bertz CT molecular complexity index is 587. The van der Waals surface area contributed by atoms with Crippen LogP contribution in [-0.4, -0.2) is 23.2 Å². The second-order valence-electron chi connectivity index (χ2n) is 3.51. The molecule has 21 heavy (non-hydrogen) atoms. The lowest BCUT2D eigenvalue weighted by Crippen LogP contribution is -2.26. The molecule has 1 rings (SSSR count). The second kappa shape index (κ2) is 6.07. The molecule has 0 saturated carbocycles. The highest BCUT2D eigenvalue weighted by atomic mass is 19.4. The van der Waals surface area contributed by atoms with Gasteiger partial charge in [-0.3, -0.25) is 19.7 Å². The summed E-state index contributed by atoms with van der Waals surface area (Å²) in [5.41, 5.74) is 0.00971. The zero-order valence-electron chi connectivity index (χ0n) is 10.3. The molecule has 0 aliphatic heterocycles. The molecule has 0 aromatic heterocycles. The third-order valence-electron chi connectivity index (χ3n) is 1.93. The largest absolute Gasteiger partial charge is 0.573 e. The van der Waals surface area contributed by atoms with Gasteiger partial charge in [0.15, 0.2) is 0 Å². The van der Waals surface area contributed by atoms with Crippen molar-refractivity contribution in [3.8, 4) is 5.75 Å². The van der Waals surface area contributed by atoms with Gasteiger partial charge in [0.25, 0.3) is 11.6 Å². The minimum atomic E-state index is -5.03. The van der Waals surface area contributed by atoms with E-state index in [1.165, 1.54) is 0 Å². The number of benzene rings is 1. The standard InChI is InChI=1S/C10H7F3N2O6/c1-5(16)21-14-9(17)7-4-6(20-10(11,12)13)2-3-8(7)15(18)19/h2-4H,1H3,(H,14,17). The fraction of sp³-hybridized carbons (Fsp3) is 0.200. The van der Waals surface area contributed by atoms with E-state index in [-0.39, 0.29) is 0 Å². The minimum Gasteiger partial charge on any atom is -0.406 e. The Balaban J connectivity index is 3.12. The first kappa shape index (κ1) is 16.2. The lowest BCUT2D eigenvalue weighted by Gasteiger charge is -2.10. The van der Waals surface area contributed by atoms with Crippen LogP contribution in [0.25, 0.3) is 0 Å². The molecular formula is C10H7F3N2O6. The zero-order valence-corrected chi connectivity index (χ0v) is 10.3. The summed E-state index contributed by atoms with van der Waals surface area (Å²) >= 11 is 0. The van der Waals surface area contributed by atoms with Gasteiger partial charge in [0.2, 0.25) is 0 Å². The van der Waals surface area contributed by atoms with E-state index in [4.69, 9.17) is 0 Å². The van der Waals surface area contributed by atoms with Crippen molar-refractivity contribution < 1.29 is 37.3 Å². The van der Waals surface area contributed by atoms with E-state index in [1.807, 2.05) is 0 Å². The van der Waals surface area contributed by atoms with E-state index in [0.717, 1.165) is 6.92 Å². The van der Waals surface area contributed by atoms with E-state index < -0.39 is 40.2 Å². The Labute approximate surface area is 114 Å². The van der Waals surface area contributed by atoms with Gasteiger partial charge < -0.3 is 9.57 Å². The third kappa shape index (κ3) is 4.97. The highest BCUT2D eigenvalue weighted by Crippen LogP contribution is 2.28. The number of alkyl halides is 3. The summed E-state index contributed by atoms with van der Waals surface area (Å²) in [5, 5.41) is 10.7. The summed E-state index contributed by atoms with van der Waals surface area (Å²) in [6, 6.07) is 1.84. The number of nitrogens with zero attached hydrogens (tertiary/aromatic N) is 1. The molecule has 8 nitrogen and oxygen atoms in total. The molecule has 1 N–H and O–H groups in total. The van der Waals surface area contributed by atoms with Crippen LogP contribution in [0.3, 0.4) is 0 Å². The number of hydroxylamine groups is 1. The number of nitro benzene ring substituents is 1. The van der Waals surface area contributed by atoms with Crippen molar-refractivity contribution in [2.24, 2.45) is 0 Å². The van der Waals surface area contributed by atoms with Gasteiger partial charge in [-0.25, -0.2) is 0 Å². The highest BCUT2D eigenvalue weighted by Gasteiger charge is 2.32. The first-order valence-corrected chi connectivity index (χ1v) is 5.12. The Hall–Kier alpha value is -2.85. The molecule has 0 saturated heterocycles. The molecule has 1 aromatic rings. The quantitative estimate of drug-likeness (QED) is 0.672.